The zero-order valence-corrected chi connectivity index (χ0v) is 22.6. The maximum absolute atomic E-state index is 8.36. The third-order valence-electron chi connectivity index (χ3n) is 5.55. The summed E-state index contributed by atoms with van der Waals surface area (Å²) in [5, 5.41) is 13.6. The van der Waals surface area contributed by atoms with Gasteiger partial charge in [-0.05, 0) is 35.4 Å². The van der Waals surface area contributed by atoms with Crippen LogP contribution in [-0.2, 0) is 21.8 Å². The van der Waals surface area contributed by atoms with Gasteiger partial charge in [0.15, 0.2) is 0 Å². The van der Waals surface area contributed by atoms with E-state index < -0.39 is 10.9 Å². The number of aromatic nitrogens is 2. The first-order valence-electron chi connectivity index (χ1n) is 11.2. The third kappa shape index (κ3) is 7.16. The van der Waals surface area contributed by atoms with Gasteiger partial charge >= 0.3 is 0 Å². The largest absolute Gasteiger partial charge is 0.491 e. The van der Waals surface area contributed by atoms with Gasteiger partial charge in [0.25, 0.3) is 5.09 Å². The van der Waals surface area contributed by atoms with Crippen molar-refractivity contribution in [2.45, 2.75) is 18.4 Å². The maximum atomic E-state index is 8.36. The predicted molar refractivity (Wildman–Crippen MR) is 143 cm³/mol. The van der Waals surface area contributed by atoms with Crippen molar-refractivity contribution in [2.75, 3.05) is 13.2 Å². The standard InChI is InChI=1S/C26H22Br2N2O3.HNO3/c27-21-8-11-24(25(28)14-21)26(17-30-13-12-29-18-30)32-16-23(33-26)15-31-22-9-6-20(7-10-22)19-4-2-1-3-5-19;2-1(3)4/h1-14,18,23H,15-17H2;(H,2,3,4)/t23-,26-;/m1./s1. The van der Waals surface area contributed by atoms with Crippen LogP contribution in [0.15, 0.2) is 100 Å². The Bertz CT molecular complexity index is 1300. The summed E-state index contributed by atoms with van der Waals surface area (Å²) in [6.07, 6.45) is 5.20. The molecule has 1 saturated heterocycles. The Labute approximate surface area is 230 Å². The SMILES string of the molecule is Brc1ccc([C@]2(Cn3ccnc3)OC[C@@H](COc3ccc(-c4ccccc4)cc3)O2)c(Br)c1.O=[N+]([O-])O. The van der Waals surface area contributed by atoms with E-state index in [1.54, 1.807) is 12.5 Å². The number of benzene rings is 3. The molecule has 0 saturated carbocycles. The van der Waals surface area contributed by atoms with Gasteiger partial charge in [-0.3, -0.25) is 0 Å². The Balaban J connectivity index is 0.000000747. The van der Waals surface area contributed by atoms with Gasteiger partial charge in [0, 0.05) is 26.9 Å². The summed E-state index contributed by atoms with van der Waals surface area (Å²) in [6, 6.07) is 24.4. The summed E-state index contributed by atoms with van der Waals surface area (Å²) in [7, 11) is 0. The number of imidazole rings is 1. The van der Waals surface area contributed by atoms with Crippen LogP contribution in [-0.4, -0.2) is 39.2 Å². The molecule has 3 aromatic carbocycles. The fraction of sp³-hybridized carbons (Fsp3) is 0.192. The first-order valence-corrected chi connectivity index (χ1v) is 12.8. The minimum Gasteiger partial charge on any atom is -0.491 e. The summed E-state index contributed by atoms with van der Waals surface area (Å²) in [4.78, 5) is 12.5. The van der Waals surface area contributed by atoms with Crippen LogP contribution in [0.5, 0.6) is 5.75 Å². The molecule has 0 amide bonds. The second-order valence-corrected chi connectivity index (χ2v) is 9.87. The molecular weight excluding hydrogens is 610 g/mol. The van der Waals surface area contributed by atoms with Crippen molar-refractivity contribution in [3.63, 3.8) is 0 Å². The van der Waals surface area contributed by atoms with E-state index in [0.29, 0.717) is 19.8 Å². The van der Waals surface area contributed by atoms with Gasteiger partial charge in [0.05, 0.1) is 19.5 Å². The summed E-state index contributed by atoms with van der Waals surface area (Å²) in [6.45, 7) is 1.30. The molecule has 1 fully saturated rings. The van der Waals surface area contributed by atoms with Gasteiger partial charge in [-0.1, -0.05) is 80.4 Å². The van der Waals surface area contributed by atoms with Crippen LogP contribution in [0.3, 0.4) is 0 Å². The van der Waals surface area contributed by atoms with E-state index in [4.69, 9.17) is 29.5 Å². The molecule has 1 aliphatic rings. The molecule has 4 aromatic rings. The molecule has 11 heteroatoms. The Morgan fingerprint density at radius 1 is 1.11 bits per heavy atom. The third-order valence-corrected chi connectivity index (χ3v) is 6.70. The zero-order chi connectivity index (χ0) is 26.3. The lowest BCUT2D eigenvalue weighted by Gasteiger charge is -2.30. The molecule has 1 aliphatic heterocycles. The van der Waals surface area contributed by atoms with Crippen LogP contribution in [0, 0.1) is 10.1 Å². The van der Waals surface area contributed by atoms with Crippen LogP contribution in [0.2, 0.25) is 0 Å². The molecule has 1 N–H and O–H groups in total. The van der Waals surface area contributed by atoms with Gasteiger partial charge < -0.3 is 24.0 Å². The monoisotopic (exact) mass is 631 g/mol. The highest BCUT2D eigenvalue weighted by Gasteiger charge is 2.45. The Hall–Kier alpha value is -3.25. The molecule has 1 aromatic heterocycles. The summed E-state index contributed by atoms with van der Waals surface area (Å²) in [5.74, 6) is -0.138. The van der Waals surface area contributed by atoms with Gasteiger partial charge in [-0.15, -0.1) is 10.1 Å². The molecule has 0 spiro atoms. The van der Waals surface area contributed by atoms with E-state index in [9.17, 15) is 0 Å². The molecule has 37 heavy (non-hydrogen) atoms. The Kier molecular flexibility index (Phi) is 8.93. The molecule has 0 radical (unpaired) electrons. The first kappa shape index (κ1) is 26.8. The lowest BCUT2D eigenvalue weighted by atomic mass is 10.1. The van der Waals surface area contributed by atoms with Crippen molar-refractivity contribution in [1.82, 2.24) is 9.55 Å². The van der Waals surface area contributed by atoms with Crippen molar-refractivity contribution < 1.29 is 24.5 Å². The van der Waals surface area contributed by atoms with E-state index >= 15 is 0 Å². The molecule has 192 valence electrons. The predicted octanol–water partition coefficient (Wildman–Crippen LogP) is 6.07. The maximum Gasteiger partial charge on any atom is 0.291 e. The van der Waals surface area contributed by atoms with Crippen LogP contribution >= 0.6 is 31.9 Å². The van der Waals surface area contributed by atoms with Crippen molar-refractivity contribution in [2.24, 2.45) is 0 Å². The second-order valence-electron chi connectivity index (χ2n) is 8.10. The number of rotatable bonds is 7. The van der Waals surface area contributed by atoms with Crippen LogP contribution in [0.1, 0.15) is 5.56 Å². The molecule has 9 nitrogen and oxygen atoms in total. The topological polar surface area (TPSA) is 109 Å². The lowest BCUT2D eigenvalue weighted by Crippen LogP contribution is -2.34. The van der Waals surface area contributed by atoms with Crippen LogP contribution < -0.4 is 4.74 Å². The molecule has 5 rings (SSSR count). The van der Waals surface area contributed by atoms with Gasteiger partial charge in [0.2, 0.25) is 5.79 Å². The van der Waals surface area contributed by atoms with E-state index in [-0.39, 0.29) is 6.10 Å². The number of hydrogen-bond donors (Lipinski definition) is 1. The quantitative estimate of drug-likeness (QED) is 0.194. The highest BCUT2D eigenvalue weighted by Crippen LogP contribution is 2.40. The highest BCUT2D eigenvalue weighted by atomic mass is 79.9. The second kappa shape index (κ2) is 12.3. The van der Waals surface area contributed by atoms with Gasteiger partial charge in [-0.25, -0.2) is 4.98 Å². The normalized spacial score (nSPS) is 18.6. The Morgan fingerprint density at radius 2 is 1.81 bits per heavy atom. The zero-order valence-electron chi connectivity index (χ0n) is 19.4. The van der Waals surface area contributed by atoms with Crippen molar-refractivity contribution in [3.05, 3.63) is 116 Å². The minimum absolute atomic E-state index is 0.210. The summed E-state index contributed by atoms with van der Waals surface area (Å²) >= 11 is 7.19. The molecular formula is C26H23Br2N3O6. The average molecular weight is 633 g/mol. The van der Waals surface area contributed by atoms with E-state index in [1.807, 2.05) is 59.3 Å². The number of nitrogens with zero attached hydrogens (tertiary/aromatic N) is 3. The fourth-order valence-corrected chi connectivity index (χ4v) is 5.29. The molecule has 0 bridgehead atoms. The van der Waals surface area contributed by atoms with Crippen LogP contribution in [0.4, 0.5) is 0 Å². The average Bonchev–Trinajstić information content (AvgIpc) is 3.54. The van der Waals surface area contributed by atoms with E-state index in [0.717, 1.165) is 25.8 Å². The number of hydrogen-bond acceptors (Lipinski definition) is 6. The fourth-order valence-electron chi connectivity index (χ4n) is 3.94. The van der Waals surface area contributed by atoms with Crippen molar-refractivity contribution in [1.29, 1.82) is 0 Å². The number of ether oxygens (including phenoxy) is 3. The van der Waals surface area contributed by atoms with Crippen molar-refractivity contribution >= 4 is 31.9 Å². The Morgan fingerprint density at radius 3 is 2.46 bits per heavy atom. The number of halogens is 2. The van der Waals surface area contributed by atoms with E-state index in [2.05, 4.69) is 61.1 Å². The van der Waals surface area contributed by atoms with E-state index in [1.165, 1.54) is 5.56 Å². The highest BCUT2D eigenvalue weighted by molar-refractivity contribution is 9.11. The van der Waals surface area contributed by atoms with Gasteiger partial charge in [-0.2, -0.15) is 0 Å². The molecule has 2 heterocycles. The molecule has 2 atom stereocenters. The smallest absolute Gasteiger partial charge is 0.291 e. The van der Waals surface area contributed by atoms with Gasteiger partial charge in [0.1, 0.15) is 18.5 Å². The minimum atomic E-state index is -1.50. The molecule has 0 aliphatic carbocycles. The first-order chi connectivity index (χ1) is 17.8. The lowest BCUT2D eigenvalue weighted by molar-refractivity contribution is -0.742. The van der Waals surface area contributed by atoms with Crippen LogP contribution in [0.25, 0.3) is 11.1 Å². The molecule has 0 unspecified atom stereocenters. The summed E-state index contributed by atoms with van der Waals surface area (Å²) < 4.78 is 22.7. The van der Waals surface area contributed by atoms with Crippen molar-refractivity contribution in [3.8, 4) is 16.9 Å². The summed E-state index contributed by atoms with van der Waals surface area (Å²) in [5.41, 5.74) is 3.26.